The molecule has 0 aliphatic carbocycles. The minimum absolute atomic E-state index is 0.819. The van der Waals surface area contributed by atoms with E-state index >= 15 is 0 Å². The number of aryl methyl sites for hydroxylation is 1. The maximum Gasteiger partial charge on any atom is 0.128 e. The molecule has 3 nitrogen and oxygen atoms in total. The molecule has 1 unspecified atom stereocenters. The molecule has 1 atom stereocenters. The summed E-state index contributed by atoms with van der Waals surface area (Å²) in [6.07, 6.45) is 4.93. The van der Waals surface area contributed by atoms with Gasteiger partial charge in [0.15, 0.2) is 0 Å². The van der Waals surface area contributed by atoms with Crippen molar-refractivity contribution in [1.82, 2.24) is 4.98 Å². The number of anilines is 1. The van der Waals surface area contributed by atoms with Gasteiger partial charge in [0, 0.05) is 18.8 Å². The maximum absolute atomic E-state index is 5.39. The zero-order chi connectivity index (χ0) is 13.5. The molecule has 0 aromatic carbocycles. The van der Waals surface area contributed by atoms with Crippen molar-refractivity contribution in [2.45, 2.75) is 39.5 Å². The SMILES string of the molecule is CCC(C)CCCc1cccc(N2CCOCC2)n1. The summed E-state index contributed by atoms with van der Waals surface area (Å²) in [7, 11) is 0. The molecule has 0 bridgehead atoms. The van der Waals surface area contributed by atoms with Gasteiger partial charge in [-0.3, -0.25) is 0 Å². The van der Waals surface area contributed by atoms with Crippen LogP contribution in [0.25, 0.3) is 0 Å². The molecule has 0 amide bonds. The number of rotatable bonds is 6. The molecule has 1 aromatic heterocycles. The molecule has 2 heterocycles. The molecule has 106 valence electrons. The van der Waals surface area contributed by atoms with Gasteiger partial charge in [0.2, 0.25) is 0 Å². The van der Waals surface area contributed by atoms with Crippen molar-refractivity contribution in [2.75, 3.05) is 31.2 Å². The Morgan fingerprint density at radius 3 is 2.84 bits per heavy atom. The standard InChI is InChI=1S/C16H26N2O/c1-3-14(2)6-4-7-15-8-5-9-16(17-15)18-10-12-19-13-11-18/h5,8-9,14H,3-4,6-7,10-13H2,1-2H3. The fourth-order valence-corrected chi connectivity index (χ4v) is 2.41. The smallest absolute Gasteiger partial charge is 0.128 e. The van der Waals surface area contributed by atoms with E-state index in [4.69, 9.17) is 9.72 Å². The van der Waals surface area contributed by atoms with Gasteiger partial charge < -0.3 is 9.64 Å². The predicted molar refractivity (Wildman–Crippen MR) is 79.7 cm³/mol. The monoisotopic (exact) mass is 262 g/mol. The third-order valence-electron chi connectivity index (χ3n) is 3.95. The summed E-state index contributed by atoms with van der Waals surface area (Å²) in [5.74, 6) is 1.95. The molecule has 2 rings (SSSR count). The first kappa shape index (κ1) is 14.3. The van der Waals surface area contributed by atoms with Crippen molar-refractivity contribution in [2.24, 2.45) is 5.92 Å². The van der Waals surface area contributed by atoms with E-state index in [0.29, 0.717) is 0 Å². The van der Waals surface area contributed by atoms with Gasteiger partial charge in [-0.2, -0.15) is 0 Å². The largest absolute Gasteiger partial charge is 0.378 e. The highest BCUT2D eigenvalue weighted by atomic mass is 16.5. The lowest BCUT2D eigenvalue weighted by molar-refractivity contribution is 0.122. The molecule has 0 radical (unpaired) electrons. The molecule has 1 aromatic rings. The average molecular weight is 262 g/mol. The molecule has 0 saturated carbocycles. The quantitative estimate of drug-likeness (QED) is 0.786. The molecule has 1 aliphatic heterocycles. The number of ether oxygens (including phenoxy) is 1. The average Bonchev–Trinajstić information content (AvgIpc) is 2.48. The van der Waals surface area contributed by atoms with Crippen molar-refractivity contribution in [1.29, 1.82) is 0 Å². The molecule has 0 spiro atoms. The minimum Gasteiger partial charge on any atom is -0.378 e. The molecular weight excluding hydrogens is 236 g/mol. The zero-order valence-electron chi connectivity index (χ0n) is 12.3. The number of morpholine rings is 1. The highest BCUT2D eigenvalue weighted by Crippen LogP contribution is 2.16. The van der Waals surface area contributed by atoms with Crippen LogP contribution in [0.4, 0.5) is 5.82 Å². The second-order valence-corrected chi connectivity index (χ2v) is 5.49. The highest BCUT2D eigenvalue weighted by molar-refractivity contribution is 5.39. The van der Waals surface area contributed by atoms with Crippen molar-refractivity contribution in [3.63, 3.8) is 0 Å². The number of pyridine rings is 1. The van der Waals surface area contributed by atoms with Crippen LogP contribution < -0.4 is 4.90 Å². The van der Waals surface area contributed by atoms with E-state index in [1.54, 1.807) is 0 Å². The van der Waals surface area contributed by atoms with Crippen LogP contribution in [0.1, 0.15) is 38.8 Å². The minimum atomic E-state index is 0.819. The summed E-state index contributed by atoms with van der Waals surface area (Å²) in [4.78, 5) is 7.11. The molecule has 1 saturated heterocycles. The lowest BCUT2D eigenvalue weighted by Gasteiger charge is -2.28. The van der Waals surface area contributed by atoms with Crippen LogP contribution >= 0.6 is 0 Å². The van der Waals surface area contributed by atoms with Crippen LogP contribution in [0.2, 0.25) is 0 Å². The Morgan fingerprint density at radius 2 is 2.11 bits per heavy atom. The molecule has 0 N–H and O–H groups in total. The zero-order valence-corrected chi connectivity index (χ0v) is 12.3. The molecule has 19 heavy (non-hydrogen) atoms. The fourth-order valence-electron chi connectivity index (χ4n) is 2.41. The summed E-state index contributed by atoms with van der Waals surface area (Å²) in [6, 6.07) is 6.40. The Kier molecular flexibility index (Phi) is 5.64. The first-order chi connectivity index (χ1) is 9.29. The Bertz CT molecular complexity index is 375. The predicted octanol–water partition coefficient (Wildman–Crippen LogP) is 3.29. The van der Waals surface area contributed by atoms with Crippen molar-refractivity contribution in [3.05, 3.63) is 23.9 Å². The first-order valence-electron chi connectivity index (χ1n) is 7.58. The van der Waals surface area contributed by atoms with Crippen molar-refractivity contribution in [3.8, 4) is 0 Å². The summed E-state index contributed by atoms with van der Waals surface area (Å²) in [6.45, 7) is 8.16. The Hall–Kier alpha value is -1.09. The molecule has 1 aliphatic rings. The number of nitrogens with zero attached hydrogens (tertiary/aromatic N) is 2. The van der Waals surface area contributed by atoms with Gasteiger partial charge in [0.25, 0.3) is 0 Å². The van der Waals surface area contributed by atoms with Gasteiger partial charge in [-0.25, -0.2) is 4.98 Å². The topological polar surface area (TPSA) is 25.4 Å². The Balaban J connectivity index is 1.87. The van der Waals surface area contributed by atoms with Crippen LogP contribution in [0.5, 0.6) is 0 Å². The molecule has 3 heteroatoms. The van der Waals surface area contributed by atoms with Gasteiger partial charge in [0.05, 0.1) is 13.2 Å². The normalized spacial score (nSPS) is 17.5. The van der Waals surface area contributed by atoms with Gasteiger partial charge in [-0.15, -0.1) is 0 Å². The van der Waals surface area contributed by atoms with E-state index in [1.165, 1.54) is 25.0 Å². The summed E-state index contributed by atoms with van der Waals surface area (Å²) in [5.41, 5.74) is 1.23. The first-order valence-corrected chi connectivity index (χ1v) is 7.58. The van der Waals surface area contributed by atoms with E-state index < -0.39 is 0 Å². The number of hydrogen-bond donors (Lipinski definition) is 0. The highest BCUT2D eigenvalue weighted by Gasteiger charge is 2.12. The maximum atomic E-state index is 5.39. The van der Waals surface area contributed by atoms with Gasteiger partial charge in [0.1, 0.15) is 5.82 Å². The Morgan fingerprint density at radius 1 is 1.32 bits per heavy atom. The molecule has 1 fully saturated rings. The van der Waals surface area contributed by atoms with E-state index in [9.17, 15) is 0 Å². The van der Waals surface area contributed by atoms with Crippen LogP contribution in [0, 0.1) is 5.92 Å². The summed E-state index contributed by atoms with van der Waals surface area (Å²) < 4.78 is 5.39. The lowest BCUT2D eigenvalue weighted by atomic mass is 10.0. The third-order valence-corrected chi connectivity index (χ3v) is 3.95. The fraction of sp³-hybridized carbons (Fsp3) is 0.688. The summed E-state index contributed by atoms with van der Waals surface area (Å²) >= 11 is 0. The van der Waals surface area contributed by atoms with Crippen LogP contribution in [-0.2, 0) is 11.2 Å². The third kappa shape index (κ3) is 4.50. The van der Waals surface area contributed by atoms with Crippen molar-refractivity contribution < 1.29 is 4.74 Å². The van der Waals surface area contributed by atoms with E-state index in [-0.39, 0.29) is 0 Å². The van der Waals surface area contributed by atoms with Crippen LogP contribution in [0.15, 0.2) is 18.2 Å². The number of aromatic nitrogens is 1. The number of hydrogen-bond acceptors (Lipinski definition) is 3. The van der Waals surface area contributed by atoms with Crippen molar-refractivity contribution >= 4 is 5.82 Å². The second kappa shape index (κ2) is 7.49. The van der Waals surface area contributed by atoms with Crippen LogP contribution in [0.3, 0.4) is 0 Å². The second-order valence-electron chi connectivity index (χ2n) is 5.49. The van der Waals surface area contributed by atoms with Gasteiger partial charge in [-0.1, -0.05) is 32.8 Å². The Labute approximate surface area is 117 Å². The molecular formula is C16H26N2O. The van der Waals surface area contributed by atoms with Gasteiger partial charge in [-0.05, 0) is 30.9 Å². The van der Waals surface area contributed by atoms with E-state index in [1.807, 2.05) is 0 Å². The van der Waals surface area contributed by atoms with Gasteiger partial charge >= 0.3 is 0 Å². The van der Waals surface area contributed by atoms with E-state index in [0.717, 1.165) is 44.5 Å². The summed E-state index contributed by atoms with van der Waals surface area (Å²) in [5, 5.41) is 0. The van der Waals surface area contributed by atoms with E-state index in [2.05, 4.69) is 36.9 Å². The van der Waals surface area contributed by atoms with Crippen LogP contribution in [-0.4, -0.2) is 31.3 Å². The lowest BCUT2D eigenvalue weighted by Crippen LogP contribution is -2.36.